The Bertz CT molecular complexity index is 355. The van der Waals surface area contributed by atoms with E-state index in [4.69, 9.17) is 0 Å². The molecule has 2 N–H and O–H groups in total. The van der Waals surface area contributed by atoms with E-state index < -0.39 is 6.10 Å². The van der Waals surface area contributed by atoms with Crippen LogP contribution in [0.25, 0.3) is 0 Å². The SMILES string of the molecule is CCN(CC)C(C)(C)C(O)Cc1ccc(O)cc1. The Balaban J connectivity index is 2.74. The van der Waals surface area contributed by atoms with Crippen molar-refractivity contribution in [3.05, 3.63) is 29.8 Å². The number of nitrogens with zero attached hydrogens (tertiary/aromatic N) is 1. The fourth-order valence-corrected chi connectivity index (χ4v) is 2.35. The molecule has 1 aromatic rings. The van der Waals surface area contributed by atoms with Crippen LogP contribution in [0.5, 0.6) is 5.75 Å². The highest BCUT2D eigenvalue weighted by molar-refractivity contribution is 5.26. The zero-order valence-electron chi connectivity index (χ0n) is 11.8. The Morgan fingerprint density at radius 3 is 2.06 bits per heavy atom. The van der Waals surface area contributed by atoms with Gasteiger partial charge in [0.2, 0.25) is 0 Å². The van der Waals surface area contributed by atoms with E-state index in [1.54, 1.807) is 12.1 Å². The van der Waals surface area contributed by atoms with Crippen molar-refractivity contribution in [2.75, 3.05) is 13.1 Å². The second-order valence-corrected chi connectivity index (χ2v) is 5.21. The minimum Gasteiger partial charge on any atom is -0.508 e. The van der Waals surface area contributed by atoms with Gasteiger partial charge in [-0.25, -0.2) is 0 Å². The number of phenols is 1. The zero-order valence-corrected chi connectivity index (χ0v) is 11.8. The molecule has 0 amide bonds. The number of likely N-dealkylation sites (N-methyl/N-ethyl adjacent to an activating group) is 1. The average Bonchev–Trinajstić information content (AvgIpc) is 2.33. The van der Waals surface area contributed by atoms with Crippen molar-refractivity contribution in [1.29, 1.82) is 0 Å². The smallest absolute Gasteiger partial charge is 0.115 e. The quantitative estimate of drug-likeness (QED) is 0.816. The third-order valence-corrected chi connectivity index (χ3v) is 3.76. The van der Waals surface area contributed by atoms with Crippen molar-refractivity contribution in [2.45, 2.75) is 45.8 Å². The molecule has 0 aromatic heterocycles. The topological polar surface area (TPSA) is 43.7 Å². The number of rotatable bonds is 6. The fourth-order valence-electron chi connectivity index (χ4n) is 2.35. The van der Waals surface area contributed by atoms with Crippen molar-refractivity contribution in [3.8, 4) is 5.75 Å². The molecule has 1 rings (SSSR count). The molecule has 0 spiro atoms. The van der Waals surface area contributed by atoms with Gasteiger partial charge in [-0.3, -0.25) is 4.90 Å². The molecule has 0 aliphatic carbocycles. The summed E-state index contributed by atoms with van der Waals surface area (Å²) in [5.74, 6) is 0.260. The number of aliphatic hydroxyl groups is 1. The van der Waals surface area contributed by atoms with Crippen LogP contribution in [-0.2, 0) is 6.42 Å². The van der Waals surface area contributed by atoms with E-state index in [2.05, 4.69) is 32.6 Å². The summed E-state index contributed by atoms with van der Waals surface area (Å²) in [7, 11) is 0. The van der Waals surface area contributed by atoms with Gasteiger partial charge in [0.25, 0.3) is 0 Å². The lowest BCUT2D eigenvalue weighted by Gasteiger charge is -2.41. The minimum absolute atomic E-state index is 0.249. The predicted octanol–water partition coefficient (Wildman–Crippen LogP) is 2.42. The van der Waals surface area contributed by atoms with Gasteiger partial charge in [-0.2, -0.15) is 0 Å². The maximum atomic E-state index is 10.4. The third-order valence-electron chi connectivity index (χ3n) is 3.76. The molecule has 0 saturated carbocycles. The highest BCUT2D eigenvalue weighted by Crippen LogP contribution is 2.22. The molecule has 3 nitrogen and oxygen atoms in total. The molecule has 18 heavy (non-hydrogen) atoms. The third kappa shape index (κ3) is 3.47. The van der Waals surface area contributed by atoms with E-state index in [0.717, 1.165) is 18.7 Å². The maximum Gasteiger partial charge on any atom is 0.115 e. The molecule has 0 heterocycles. The maximum absolute atomic E-state index is 10.4. The molecule has 0 radical (unpaired) electrons. The number of phenolic OH excluding ortho intramolecular Hbond substituents is 1. The van der Waals surface area contributed by atoms with E-state index in [1.165, 1.54) is 0 Å². The monoisotopic (exact) mass is 251 g/mol. The van der Waals surface area contributed by atoms with E-state index in [1.807, 2.05) is 12.1 Å². The number of hydrogen-bond acceptors (Lipinski definition) is 3. The van der Waals surface area contributed by atoms with Crippen LogP contribution in [0.15, 0.2) is 24.3 Å². The predicted molar refractivity (Wildman–Crippen MR) is 74.8 cm³/mol. The molecule has 102 valence electrons. The van der Waals surface area contributed by atoms with Crippen molar-refractivity contribution < 1.29 is 10.2 Å². The molecule has 0 fully saturated rings. The lowest BCUT2D eigenvalue weighted by molar-refractivity contribution is -0.00415. The average molecular weight is 251 g/mol. The van der Waals surface area contributed by atoms with Crippen LogP contribution in [-0.4, -0.2) is 39.8 Å². The van der Waals surface area contributed by atoms with Gasteiger partial charge in [0, 0.05) is 12.0 Å². The highest BCUT2D eigenvalue weighted by atomic mass is 16.3. The van der Waals surface area contributed by atoms with E-state index >= 15 is 0 Å². The lowest BCUT2D eigenvalue weighted by atomic mass is 9.90. The van der Waals surface area contributed by atoms with E-state index in [-0.39, 0.29) is 11.3 Å². The molecule has 0 aliphatic rings. The van der Waals surface area contributed by atoms with E-state index in [0.29, 0.717) is 6.42 Å². The van der Waals surface area contributed by atoms with Gasteiger partial charge in [-0.15, -0.1) is 0 Å². The summed E-state index contributed by atoms with van der Waals surface area (Å²) in [5, 5.41) is 19.7. The molecule has 3 heteroatoms. The molecular weight excluding hydrogens is 226 g/mol. The number of aliphatic hydroxyl groups excluding tert-OH is 1. The van der Waals surface area contributed by atoms with Crippen LogP contribution >= 0.6 is 0 Å². The zero-order chi connectivity index (χ0) is 13.8. The van der Waals surface area contributed by atoms with Crippen LogP contribution in [0.3, 0.4) is 0 Å². The lowest BCUT2D eigenvalue weighted by Crippen LogP contribution is -2.53. The highest BCUT2D eigenvalue weighted by Gasteiger charge is 2.32. The van der Waals surface area contributed by atoms with Crippen LogP contribution in [0, 0.1) is 0 Å². The van der Waals surface area contributed by atoms with Gasteiger partial charge >= 0.3 is 0 Å². The Hall–Kier alpha value is -1.06. The summed E-state index contributed by atoms with van der Waals surface area (Å²) in [6.07, 6.45) is 0.172. The standard InChI is InChI=1S/C15H25NO2/c1-5-16(6-2)15(3,4)14(18)11-12-7-9-13(17)10-8-12/h7-10,14,17-18H,5-6,11H2,1-4H3. The van der Waals surface area contributed by atoms with Crippen molar-refractivity contribution in [2.24, 2.45) is 0 Å². The van der Waals surface area contributed by atoms with E-state index in [9.17, 15) is 10.2 Å². The van der Waals surface area contributed by atoms with Gasteiger partial charge in [0.1, 0.15) is 5.75 Å². The Kier molecular flexibility index (Phi) is 5.17. The second-order valence-electron chi connectivity index (χ2n) is 5.21. The molecule has 0 saturated heterocycles. The van der Waals surface area contributed by atoms with Gasteiger partial charge in [-0.05, 0) is 44.6 Å². The Morgan fingerprint density at radius 2 is 1.61 bits per heavy atom. The summed E-state index contributed by atoms with van der Waals surface area (Å²) >= 11 is 0. The normalized spacial score (nSPS) is 13.9. The van der Waals surface area contributed by atoms with Gasteiger partial charge in [0.05, 0.1) is 6.10 Å². The Morgan fingerprint density at radius 1 is 1.11 bits per heavy atom. The number of aromatic hydroxyl groups is 1. The van der Waals surface area contributed by atoms with Crippen molar-refractivity contribution in [1.82, 2.24) is 4.90 Å². The van der Waals surface area contributed by atoms with Crippen molar-refractivity contribution >= 4 is 0 Å². The molecule has 0 aliphatic heterocycles. The molecular formula is C15H25NO2. The Labute approximate surface area is 110 Å². The minimum atomic E-state index is -0.429. The first-order valence-electron chi connectivity index (χ1n) is 6.62. The largest absolute Gasteiger partial charge is 0.508 e. The summed E-state index contributed by atoms with van der Waals surface area (Å²) in [5.41, 5.74) is 0.794. The summed E-state index contributed by atoms with van der Waals surface area (Å²) < 4.78 is 0. The van der Waals surface area contributed by atoms with Gasteiger partial charge < -0.3 is 10.2 Å². The fraction of sp³-hybridized carbons (Fsp3) is 0.600. The number of benzene rings is 1. The second kappa shape index (κ2) is 6.21. The molecule has 1 aromatic carbocycles. The molecule has 1 atom stereocenters. The van der Waals surface area contributed by atoms with Crippen LogP contribution in [0.4, 0.5) is 0 Å². The molecule has 0 bridgehead atoms. The van der Waals surface area contributed by atoms with Crippen LogP contribution < -0.4 is 0 Å². The first-order valence-corrected chi connectivity index (χ1v) is 6.62. The summed E-state index contributed by atoms with van der Waals surface area (Å²) in [6, 6.07) is 7.03. The van der Waals surface area contributed by atoms with Crippen molar-refractivity contribution in [3.63, 3.8) is 0 Å². The van der Waals surface area contributed by atoms with Gasteiger partial charge in [-0.1, -0.05) is 26.0 Å². The number of hydrogen-bond donors (Lipinski definition) is 2. The first-order chi connectivity index (χ1) is 8.41. The van der Waals surface area contributed by atoms with Crippen LogP contribution in [0.1, 0.15) is 33.3 Å². The van der Waals surface area contributed by atoms with Crippen LogP contribution in [0.2, 0.25) is 0 Å². The first kappa shape index (κ1) is 15.0. The molecule has 1 unspecified atom stereocenters. The summed E-state index contributed by atoms with van der Waals surface area (Å²) in [6.45, 7) is 10.2. The van der Waals surface area contributed by atoms with Gasteiger partial charge in [0.15, 0.2) is 0 Å². The summed E-state index contributed by atoms with van der Waals surface area (Å²) in [4.78, 5) is 2.26.